The maximum Gasteiger partial charge on any atom is 0.241 e. The molecule has 1 aromatic carbocycles. The molecule has 1 unspecified atom stereocenters. The largest absolute Gasteiger partial charge is 0.398 e. The molecule has 4 nitrogen and oxygen atoms in total. The van der Waals surface area contributed by atoms with Crippen molar-refractivity contribution in [1.29, 1.82) is 0 Å². The van der Waals surface area contributed by atoms with Crippen molar-refractivity contribution in [2.75, 3.05) is 5.73 Å². The van der Waals surface area contributed by atoms with Crippen molar-refractivity contribution in [3.63, 3.8) is 0 Å². The van der Waals surface area contributed by atoms with Gasteiger partial charge in [0.05, 0.1) is 4.90 Å². The van der Waals surface area contributed by atoms with E-state index in [2.05, 4.69) is 4.72 Å². The Morgan fingerprint density at radius 2 is 2.00 bits per heavy atom. The van der Waals surface area contributed by atoms with E-state index in [-0.39, 0.29) is 16.4 Å². The van der Waals surface area contributed by atoms with Crippen LogP contribution in [0.5, 0.6) is 0 Å². The van der Waals surface area contributed by atoms with Crippen molar-refractivity contribution >= 4 is 27.3 Å². The Hall–Kier alpha value is -0.780. The fraction of sp³-hybridized carbons (Fsp3) is 0.500. The zero-order valence-corrected chi connectivity index (χ0v) is 12.2. The highest BCUT2D eigenvalue weighted by Gasteiger charge is 2.48. The maximum absolute atomic E-state index is 12.3. The summed E-state index contributed by atoms with van der Waals surface area (Å²) >= 11 is 5.86. The molecule has 100 valence electrons. The van der Waals surface area contributed by atoms with Gasteiger partial charge in [-0.25, -0.2) is 13.1 Å². The predicted molar refractivity (Wildman–Crippen MR) is 73.1 cm³/mol. The van der Waals surface area contributed by atoms with Gasteiger partial charge in [0.2, 0.25) is 10.0 Å². The highest BCUT2D eigenvalue weighted by molar-refractivity contribution is 7.89. The monoisotopic (exact) mass is 288 g/mol. The quantitative estimate of drug-likeness (QED) is 0.838. The predicted octanol–water partition coefficient (Wildman–Crippen LogP) is 2.31. The van der Waals surface area contributed by atoms with E-state index in [1.165, 1.54) is 6.07 Å². The molecule has 6 heteroatoms. The van der Waals surface area contributed by atoms with Crippen LogP contribution in [-0.4, -0.2) is 14.5 Å². The van der Waals surface area contributed by atoms with Crippen molar-refractivity contribution in [3.05, 3.63) is 22.7 Å². The van der Waals surface area contributed by atoms with Crippen LogP contribution in [0.25, 0.3) is 0 Å². The summed E-state index contributed by atoms with van der Waals surface area (Å²) in [4.78, 5) is 0.162. The standard InChI is InChI=1S/C12H17ClN2O2S/c1-7-9(14)4-8(13)5-10(7)18(16,17)15-11-6-12(11,2)3/h4-5,11,15H,6,14H2,1-3H3. The molecule has 1 aliphatic carbocycles. The number of benzene rings is 1. The third-order valence-corrected chi connectivity index (χ3v) is 5.28. The van der Waals surface area contributed by atoms with Gasteiger partial charge in [-0.3, -0.25) is 0 Å². The molecule has 1 fully saturated rings. The molecule has 1 aromatic rings. The van der Waals surface area contributed by atoms with Gasteiger partial charge in [0.1, 0.15) is 0 Å². The summed E-state index contributed by atoms with van der Waals surface area (Å²) in [5.74, 6) is 0. The topological polar surface area (TPSA) is 72.2 Å². The fourth-order valence-corrected chi connectivity index (χ4v) is 3.87. The molecule has 0 aliphatic heterocycles. The van der Waals surface area contributed by atoms with Gasteiger partial charge in [-0.05, 0) is 36.5 Å². The van der Waals surface area contributed by atoms with Gasteiger partial charge in [0.25, 0.3) is 0 Å². The normalized spacial score (nSPS) is 21.9. The highest BCUT2D eigenvalue weighted by atomic mass is 35.5. The Morgan fingerprint density at radius 3 is 2.50 bits per heavy atom. The zero-order chi connectivity index (χ0) is 13.7. The van der Waals surface area contributed by atoms with Crippen LogP contribution in [0.3, 0.4) is 0 Å². The minimum atomic E-state index is -3.56. The van der Waals surface area contributed by atoms with Gasteiger partial charge in [-0.15, -0.1) is 0 Å². The molecule has 2 rings (SSSR count). The van der Waals surface area contributed by atoms with Crippen LogP contribution >= 0.6 is 11.6 Å². The first-order valence-electron chi connectivity index (χ1n) is 5.71. The summed E-state index contributed by atoms with van der Waals surface area (Å²) in [5.41, 5.74) is 6.69. The second-order valence-electron chi connectivity index (χ2n) is 5.48. The van der Waals surface area contributed by atoms with Gasteiger partial charge in [0, 0.05) is 16.8 Å². The molecule has 0 aromatic heterocycles. The first-order chi connectivity index (χ1) is 8.13. The average Bonchev–Trinajstić information content (AvgIpc) is 2.78. The molecule has 0 heterocycles. The minimum absolute atomic E-state index is 0.0119. The molecular formula is C12H17ClN2O2S. The summed E-state index contributed by atoms with van der Waals surface area (Å²) in [6.07, 6.45) is 0.849. The molecule has 1 atom stereocenters. The van der Waals surface area contributed by atoms with E-state index in [1.807, 2.05) is 13.8 Å². The van der Waals surface area contributed by atoms with Crippen LogP contribution in [0.1, 0.15) is 25.8 Å². The molecule has 18 heavy (non-hydrogen) atoms. The van der Waals surface area contributed by atoms with Crippen LogP contribution in [0.2, 0.25) is 5.02 Å². The van der Waals surface area contributed by atoms with Crippen LogP contribution in [0, 0.1) is 12.3 Å². The van der Waals surface area contributed by atoms with Crippen LogP contribution in [0.15, 0.2) is 17.0 Å². The molecule has 0 bridgehead atoms. The van der Waals surface area contributed by atoms with Gasteiger partial charge >= 0.3 is 0 Å². The Balaban J connectivity index is 2.36. The summed E-state index contributed by atoms with van der Waals surface area (Å²) in [6, 6.07) is 2.98. The maximum atomic E-state index is 12.3. The number of halogens is 1. The average molecular weight is 289 g/mol. The lowest BCUT2D eigenvalue weighted by molar-refractivity contribution is 0.554. The number of rotatable bonds is 3. The summed E-state index contributed by atoms with van der Waals surface area (Å²) in [5, 5.41) is 0.327. The van der Waals surface area contributed by atoms with Crippen LogP contribution in [0.4, 0.5) is 5.69 Å². The first-order valence-corrected chi connectivity index (χ1v) is 7.57. The summed E-state index contributed by atoms with van der Waals surface area (Å²) in [7, 11) is -3.56. The zero-order valence-electron chi connectivity index (χ0n) is 10.6. The van der Waals surface area contributed by atoms with E-state index in [0.29, 0.717) is 16.3 Å². The second kappa shape index (κ2) is 4.11. The molecule has 0 radical (unpaired) electrons. The molecule has 0 amide bonds. The van der Waals surface area contributed by atoms with Crippen molar-refractivity contribution in [1.82, 2.24) is 4.72 Å². The third-order valence-electron chi connectivity index (χ3n) is 3.47. The SMILES string of the molecule is Cc1c(N)cc(Cl)cc1S(=O)(=O)NC1CC1(C)C. The second-order valence-corrected chi connectivity index (χ2v) is 7.60. The molecule has 0 saturated heterocycles. The van der Waals surface area contributed by atoms with E-state index in [9.17, 15) is 8.42 Å². The van der Waals surface area contributed by atoms with E-state index < -0.39 is 10.0 Å². The lowest BCUT2D eigenvalue weighted by Crippen LogP contribution is -2.29. The first kappa shape index (κ1) is 13.6. The summed E-state index contributed by atoms with van der Waals surface area (Å²) < 4.78 is 27.2. The van der Waals surface area contributed by atoms with Crippen molar-refractivity contribution in [2.45, 2.75) is 38.1 Å². The van der Waals surface area contributed by atoms with Crippen molar-refractivity contribution in [2.24, 2.45) is 5.41 Å². The van der Waals surface area contributed by atoms with E-state index in [4.69, 9.17) is 17.3 Å². The number of anilines is 1. The Morgan fingerprint density at radius 1 is 1.44 bits per heavy atom. The van der Waals surface area contributed by atoms with Crippen LogP contribution < -0.4 is 10.5 Å². The fourth-order valence-electron chi connectivity index (χ4n) is 1.87. The third kappa shape index (κ3) is 2.48. The molecule has 1 aliphatic rings. The number of hydrogen-bond acceptors (Lipinski definition) is 3. The molecule has 3 N–H and O–H groups in total. The number of nitrogens with two attached hydrogens (primary N) is 1. The molecule has 1 saturated carbocycles. The Labute approximate surface area is 113 Å². The Kier molecular flexibility index (Phi) is 3.12. The minimum Gasteiger partial charge on any atom is -0.398 e. The molecule has 0 spiro atoms. The van der Waals surface area contributed by atoms with Gasteiger partial charge in [-0.2, -0.15) is 0 Å². The molecular weight excluding hydrogens is 272 g/mol. The summed E-state index contributed by atoms with van der Waals surface area (Å²) in [6.45, 7) is 5.73. The van der Waals surface area contributed by atoms with Crippen molar-refractivity contribution < 1.29 is 8.42 Å². The smallest absolute Gasteiger partial charge is 0.241 e. The van der Waals surface area contributed by atoms with Gasteiger partial charge in [0.15, 0.2) is 0 Å². The number of nitrogens with one attached hydrogen (secondary N) is 1. The van der Waals surface area contributed by atoms with E-state index in [1.54, 1.807) is 13.0 Å². The number of hydrogen-bond donors (Lipinski definition) is 2. The van der Waals surface area contributed by atoms with E-state index >= 15 is 0 Å². The van der Waals surface area contributed by atoms with Gasteiger partial charge in [-0.1, -0.05) is 25.4 Å². The van der Waals surface area contributed by atoms with Crippen LogP contribution in [-0.2, 0) is 10.0 Å². The van der Waals surface area contributed by atoms with E-state index in [0.717, 1.165) is 6.42 Å². The van der Waals surface area contributed by atoms with Crippen molar-refractivity contribution in [3.8, 4) is 0 Å². The number of nitrogen functional groups attached to an aromatic ring is 1. The highest BCUT2D eigenvalue weighted by Crippen LogP contribution is 2.45. The Bertz CT molecular complexity index is 596. The lowest BCUT2D eigenvalue weighted by Gasteiger charge is -2.12. The number of sulfonamides is 1. The lowest BCUT2D eigenvalue weighted by atomic mass is 10.2. The van der Waals surface area contributed by atoms with Gasteiger partial charge < -0.3 is 5.73 Å².